The molecule has 2 aromatic heterocycles. The Morgan fingerprint density at radius 3 is 2.78 bits per heavy atom. The van der Waals surface area contributed by atoms with E-state index < -0.39 is 12.3 Å². The number of aromatic nitrogens is 2. The normalized spacial score (nSPS) is 11.5. The molecule has 2 heterocycles. The van der Waals surface area contributed by atoms with Gasteiger partial charge in [-0.05, 0) is 55.3 Å². The predicted molar refractivity (Wildman–Crippen MR) is 141 cm³/mol. The van der Waals surface area contributed by atoms with Crippen molar-refractivity contribution in [3.05, 3.63) is 80.4 Å². The molecule has 0 saturated heterocycles. The first-order valence-electron chi connectivity index (χ1n) is 10.7. The number of hydrazone groups is 1. The Hall–Kier alpha value is -3.08. The summed E-state index contributed by atoms with van der Waals surface area (Å²) >= 11 is 8.94. The first-order chi connectivity index (χ1) is 17.2. The van der Waals surface area contributed by atoms with Crippen molar-refractivity contribution in [3.63, 3.8) is 0 Å². The van der Waals surface area contributed by atoms with E-state index in [4.69, 9.17) is 16.3 Å². The molecular weight excluding hydrogens is 526 g/mol. The number of amides is 1. The number of carbonyl (C=O) groups excluding carboxylic acids is 1. The molecule has 0 saturated carbocycles. The van der Waals surface area contributed by atoms with E-state index in [0.717, 1.165) is 21.2 Å². The molecule has 0 bridgehead atoms. The Morgan fingerprint density at radius 1 is 1.22 bits per heavy atom. The van der Waals surface area contributed by atoms with Crippen molar-refractivity contribution in [1.29, 1.82) is 0 Å². The van der Waals surface area contributed by atoms with E-state index in [0.29, 0.717) is 32.7 Å². The van der Waals surface area contributed by atoms with Gasteiger partial charge in [0.05, 0.1) is 18.3 Å². The van der Waals surface area contributed by atoms with Gasteiger partial charge in [0, 0.05) is 27.1 Å². The molecule has 4 rings (SSSR count). The number of nitrogens with zero attached hydrogens (tertiary/aromatic N) is 3. The number of rotatable bonds is 8. The maximum atomic E-state index is 13.1. The first-order valence-corrected chi connectivity index (χ1v) is 12.9. The highest BCUT2D eigenvalue weighted by atomic mass is 35.5. The molecule has 0 aliphatic carbocycles. The minimum Gasteiger partial charge on any atom is -0.496 e. The number of hydrogen-bond donors (Lipinski definition) is 1. The van der Waals surface area contributed by atoms with Crippen LogP contribution in [0.15, 0.2) is 52.7 Å². The highest BCUT2D eigenvalue weighted by Gasteiger charge is 2.17. The topological polar surface area (TPSA) is 76.5 Å². The quantitative estimate of drug-likeness (QED) is 0.112. The minimum absolute atomic E-state index is 0.258. The summed E-state index contributed by atoms with van der Waals surface area (Å²) in [6.07, 6.45) is -1.16. The van der Waals surface area contributed by atoms with E-state index in [2.05, 4.69) is 20.5 Å². The third kappa shape index (κ3) is 6.00. The zero-order valence-corrected chi connectivity index (χ0v) is 21.9. The maximum Gasteiger partial charge on any atom is 0.283 e. The number of hydrogen-bond acceptors (Lipinski definition) is 7. The van der Waals surface area contributed by atoms with E-state index in [-0.39, 0.29) is 10.9 Å². The number of ether oxygens (including phenoxy) is 1. The van der Waals surface area contributed by atoms with Gasteiger partial charge in [-0.2, -0.15) is 5.10 Å². The van der Waals surface area contributed by atoms with Crippen LogP contribution < -0.4 is 10.2 Å². The molecule has 0 aliphatic heterocycles. The molecule has 36 heavy (non-hydrogen) atoms. The fourth-order valence-electron chi connectivity index (χ4n) is 3.41. The summed E-state index contributed by atoms with van der Waals surface area (Å²) in [4.78, 5) is 21.2. The van der Waals surface area contributed by atoms with Crippen molar-refractivity contribution in [2.45, 2.75) is 31.2 Å². The van der Waals surface area contributed by atoms with E-state index in [1.807, 2.05) is 31.2 Å². The van der Waals surface area contributed by atoms with Crippen molar-refractivity contribution >= 4 is 56.9 Å². The van der Waals surface area contributed by atoms with E-state index >= 15 is 0 Å². The van der Waals surface area contributed by atoms with Gasteiger partial charge in [-0.1, -0.05) is 35.5 Å². The van der Waals surface area contributed by atoms with Crippen LogP contribution in [-0.4, -0.2) is 29.2 Å². The summed E-state index contributed by atoms with van der Waals surface area (Å²) in [7, 11) is 1.55. The van der Waals surface area contributed by atoms with Crippen LogP contribution in [-0.2, 0) is 5.75 Å². The van der Waals surface area contributed by atoms with Crippen LogP contribution in [0.2, 0.25) is 5.02 Å². The van der Waals surface area contributed by atoms with Gasteiger partial charge in [0.15, 0.2) is 5.16 Å². The van der Waals surface area contributed by atoms with E-state index in [9.17, 15) is 13.6 Å². The molecular formula is C25H21ClF2N4O2S2. The van der Waals surface area contributed by atoms with Crippen LogP contribution in [0.1, 0.15) is 44.2 Å². The number of benzene rings is 2. The molecule has 0 atom stereocenters. The summed E-state index contributed by atoms with van der Waals surface area (Å²) < 4.78 is 32.5. The Kier molecular flexibility index (Phi) is 8.17. The second-order valence-corrected chi connectivity index (χ2v) is 10.2. The second-order valence-electron chi connectivity index (χ2n) is 7.82. The predicted octanol–water partition coefficient (Wildman–Crippen LogP) is 6.96. The summed E-state index contributed by atoms with van der Waals surface area (Å²) in [5.41, 5.74) is 5.28. The third-order valence-electron chi connectivity index (χ3n) is 5.11. The molecule has 1 N–H and O–H groups in total. The number of thiophene rings is 1. The number of aryl methyl sites for hydroxylation is 2. The van der Waals surface area contributed by atoms with Crippen LogP contribution in [0.3, 0.4) is 0 Å². The molecule has 0 fully saturated rings. The van der Waals surface area contributed by atoms with Crippen molar-refractivity contribution < 1.29 is 18.3 Å². The highest BCUT2D eigenvalue weighted by Crippen LogP contribution is 2.35. The lowest BCUT2D eigenvalue weighted by molar-refractivity contribution is 0.0959. The fourth-order valence-corrected chi connectivity index (χ4v) is 5.80. The Bertz CT molecular complexity index is 1460. The van der Waals surface area contributed by atoms with E-state index in [1.165, 1.54) is 35.4 Å². The monoisotopic (exact) mass is 546 g/mol. The van der Waals surface area contributed by atoms with Gasteiger partial charge in [0.2, 0.25) is 0 Å². The SMILES string of the molecule is COc1ccc(/C=N/NC(=O)c2sc3cc(C)ccc3c2Cl)cc1CSc1nc(C)cc(C(F)F)n1. The summed E-state index contributed by atoms with van der Waals surface area (Å²) in [6.45, 7) is 3.63. The lowest BCUT2D eigenvalue weighted by Gasteiger charge is -2.10. The zero-order chi connectivity index (χ0) is 25.8. The number of halogens is 3. The largest absolute Gasteiger partial charge is 0.496 e. The van der Waals surface area contributed by atoms with Gasteiger partial charge in [0.25, 0.3) is 12.3 Å². The third-order valence-corrected chi connectivity index (χ3v) is 7.66. The second kappa shape index (κ2) is 11.3. The summed E-state index contributed by atoms with van der Waals surface area (Å²) in [5, 5.41) is 5.56. The molecule has 0 radical (unpaired) electrons. The fraction of sp³-hybridized carbons (Fsp3) is 0.200. The van der Waals surface area contributed by atoms with Crippen molar-refractivity contribution in [3.8, 4) is 5.75 Å². The van der Waals surface area contributed by atoms with Crippen LogP contribution in [0, 0.1) is 13.8 Å². The molecule has 6 nitrogen and oxygen atoms in total. The number of nitrogens with one attached hydrogen (secondary N) is 1. The smallest absolute Gasteiger partial charge is 0.283 e. The Morgan fingerprint density at radius 2 is 2.03 bits per heavy atom. The van der Waals surface area contributed by atoms with Crippen LogP contribution in [0.25, 0.3) is 10.1 Å². The zero-order valence-electron chi connectivity index (χ0n) is 19.5. The standard InChI is InChI=1S/C25H21ClF2N4O2S2/c1-13-4-6-17-20(8-13)36-22(21(17)26)24(33)32-29-11-15-5-7-19(34-3)16(10-15)12-35-25-30-14(2)9-18(31-25)23(27)28/h4-11,23H,12H2,1-3H3,(H,32,33)/b29-11+. The number of thioether (sulfide) groups is 1. The van der Waals surface area contributed by atoms with Crippen LogP contribution >= 0.6 is 34.7 Å². The number of carbonyl (C=O) groups is 1. The molecule has 11 heteroatoms. The average Bonchev–Trinajstić information content (AvgIpc) is 3.17. The van der Waals surface area contributed by atoms with Gasteiger partial charge < -0.3 is 4.74 Å². The summed E-state index contributed by atoms with van der Waals surface area (Å²) in [6, 6.07) is 12.5. The lowest BCUT2D eigenvalue weighted by atomic mass is 10.1. The minimum atomic E-state index is -2.66. The summed E-state index contributed by atoms with van der Waals surface area (Å²) in [5.74, 6) is 0.615. The van der Waals surface area contributed by atoms with Gasteiger partial charge in [-0.25, -0.2) is 24.2 Å². The highest BCUT2D eigenvalue weighted by molar-refractivity contribution is 7.98. The van der Waals surface area contributed by atoms with Crippen molar-refractivity contribution in [1.82, 2.24) is 15.4 Å². The van der Waals surface area contributed by atoms with Gasteiger partial charge in [-0.3, -0.25) is 4.79 Å². The molecule has 2 aromatic carbocycles. The van der Waals surface area contributed by atoms with Gasteiger partial charge >= 0.3 is 0 Å². The average molecular weight is 547 g/mol. The van der Waals surface area contributed by atoms with Crippen LogP contribution in [0.5, 0.6) is 5.75 Å². The van der Waals surface area contributed by atoms with E-state index in [1.54, 1.807) is 26.2 Å². The molecule has 4 aromatic rings. The lowest BCUT2D eigenvalue weighted by Crippen LogP contribution is -2.16. The number of alkyl halides is 2. The Balaban J connectivity index is 1.46. The molecule has 0 unspecified atom stereocenters. The maximum absolute atomic E-state index is 13.1. The van der Waals surface area contributed by atoms with Gasteiger partial charge in [-0.15, -0.1) is 11.3 Å². The molecule has 1 amide bonds. The number of methoxy groups -OCH3 is 1. The Labute approximate surface area is 219 Å². The van der Waals surface area contributed by atoms with Crippen molar-refractivity contribution in [2.75, 3.05) is 7.11 Å². The number of fused-ring (bicyclic) bond motifs is 1. The molecule has 186 valence electrons. The first kappa shape index (κ1) is 26.0. The molecule has 0 aliphatic rings. The van der Waals surface area contributed by atoms with Crippen molar-refractivity contribution in [2.24, 2.45) is 5.10 Å². The molecule has 0 spiro atoms. The van der Waals surface area contributed by atoms with Crippen LogP contribution in [0.4, 0.5) is 8.78 Å². The van der Waals surface area contributed by atoms with Gasteiger partial charge in [0.1, 0.15) is 16.3 Å².